The normalized spacial score (nSPS) is 43.1. The van der Waals surface area contributed by atoms with Crippen molar-refractivity contribution in [1.29, 1.82) is 0 Å². The van der Waals surface area contributed by atoms with Gasteiger partial charge in [-0.1, -0.05) is 25.5 Å². The first kappa shape index (κ1) is 17.0. The van der Waals surface area contributed by atoms with Gasteiger partial charge >= 0.3 is 0 Å². The molecule has 2 heteroatoms. The smallest absolute Gasteiger partial charge is 0.156 e. The number of rotatable bonds is 2. The number of fused-ring (bicyclic) bond motifs is 4. The van der Waals surface area contributed by atoms with Crippen molar-refractivity contribution in [3.8, 4) is 0 Å². The molecule has 0 aromatic heterocycles. The summed E-state index contributed by atoms with van der Waals surface area (Å²) >= 11 is 0. The van der Waals surface area contributed by atoms with Gasteiger partial charge in [-0.2, -0.15) is 0 Å². The first-order chi connectivity index (χ1) is 11.8. The second-order valence-corrected chi connectivity index (χ2v) is 9.21. The Morgan fingerprint density at radius 2 is 2.00 bits per heavy atom. The van der Waals surface area contributed by atoms with E-state index in [0.29, 0.717) is 35.7 Å². The maximum absolute atomic E-state index is 12.6. The molecule has 0 amide bonds. The molecule has 0 radical (unpaired) electrons. The topological polar surface area (TPSA) is 34.1 Å². The van der Waals surface area contributed by atoms with Gasteiger partial charge in [0.15, 0.2) is 5.78 Å². The van der Waals surface area contributed by atoms with Gasteiger partial charge in [0.25, 0.3) is 0 Å². The fraction of sp³-hybridized carbons (Fsp3) is 0.652. The van der Waals surface area contributed by atoms with E-state index in [-0.39, 0.29) is 10.8 Å². The molecule has 0 spiro atoms. The Kier molecular flexibility index (Phi) is 3.76. The Labute approximate surface area is 151 Å². The van der Waals surface area contributed by atoms with Crippen molar-refractivity contribution in [3.63, 3.8) is 0 Å². The maximum Gasteiger partial charge on any atom is 0.156 e. The monoisotopic (exact) mass is 338 g/mol. The van der Waals surface area contributed by atoms with Crippen LogP contribution < -0.4 is 0 Å². The van der Waals surface area contributed by atoms with Gasteiger partial charge in [0.1, 0.15) is 5.78 Å². The summed E-state index contributed by atoms with van der Waals surface area (Å²) in [5.41, 5.74) is 4.21. The van der Waals surface area contributed by atoms with E-state index in [1.807, 2.05) is 6.08 Å². The van der Waals surface area contributed by atoms with Gasteiger partial charge in [-0.3, -0.25) is 9.59 Å². The zero-order valence-electron chi connectivity index (χ0n) is 15.9. The van der Waals surface area contributed by atoms with E-state index in [4.69, 9.17) is 0 Å². The average Bonchev–Trinajstić information content (AvgIpc) is 2.86. The van der Waals surface area contributed by atoms with Crippen molar-refractivity contribution in [2.45, 2.75) is 65.7 Å². The van der Waals surface area contributed by atoms with Gasteiger partial charge in [-0.15, -0.1) is 6.58 Å². The van der Waals surface area contributed by atoms with Gasteiger partial charge in [0.05, 0.1) is 0 Å². The Morgan fingerprint density at radius 1 is 1.24 bits per heavy atom. The third-order valence-electron chi connectivity index (χ3n) is 8.44. The summed E-state index contributed by atoms with van der Waals surface area (Å²) in [6.07, 6.45) is 11.0. The largest absolute Gasteiger partial charge is 0.299 e. The van der Waals surface area contributed by atoms with Crippen molar-refractivity contribution in [3.05, 3.63) is 35.5 Å². The lowest BCUT2D eigenvalue weighted by Gasteiger charge is -2.54. The van der Waals surface area contributed by atoms with Crippen molar-refractivity contribution in [2.75, 3.05) is 0 Å². The molecule has 4 unspecified atom stereocenters. The Morgan fingerprint density at radius 3 is 2.68 bits per heavy atom. The number of hydrogen-bond donors (Lipinski definition) is 0. The first-order valence-corrected chi connectivity index (χ1v) is 9.92. The van der Waals surface area contributed by atoms with Gasteiger partial charge in [-0.25, -0.2) is 0 Å². The Balaban J connectivity index is 1.84. The van der Waals surface area contributed by atoms with Crippen LogP contribution in [0.3, 0.4) is 0 Å². The minimum atomic E-state index is -0.201. The van der Waals surface area contributed by atoms with E-state index in [9.17, 15) is 9.59 Å². The number of ketones is 2. The number of Topliss-reactive ketones (excluding diaryl/α,β-unsaturated/α-hetero) is 1. The first-order valence-electron chi connectivity index (χ1n) is 9.92. The molecule has 0 aromatic rings. The number of carbonyl (C=O) groups is 2. The van der Waals surface area contributed by atoms with Gasteiger partial charge < -0.3 is 0 Å². The van der Waals surface area contributed by atoms with Crippen molar-refractivity contribution < 1.29 is 9.59 Å². The second-order valence-electron chi connectivity index (χ2n) is 9.21. The minimum absolute atomic E-state index is 0.0676. The standard InChI is InChI=1S/C23H30O2/c1-5-15-13-23(4)20(10-11-22(23,3)14(2)24)19-8-6-16-12-17(25)7-9-18(16)21(15)19/h5,12,15,19-20H,1,6-11,13H2,2-4H3/t15?,19?,20?,22-,23?/m1/s1. The summed E-state index contributed by atoms with van der Waals surface area (Å²) in [7, 11) is 0. The van der Waals surface area contributed by atoms with Crippen LogP contribution in [0.4, 0.5) is 0 Å². The lowest BCUT2D eigenvalue weighted by atomic mass is 9.49. The van der Waals surface area contributed by atoms with E-state index in [1.165, 1.54) is 11.1 Å². The van der Waals surface area contributed by atoms with E-state index in [2.05, 4.69) is 26.5 Å². The van der Waals surface area contributed by atoms with Crippen molar-refractivity contribution in [2.24, 2.45) is 28.6 Å². The highest BCUT2D eigenvalue weighted by atomic mass is 16.1. The Bertz CT molecular complexity index is 724. The van der Waals surface area contributed by atoms with Crippen LogP contribution in [0.15, 0.2) is 35.5 Å². The predicted octanol–water partition coefficient (Wildman–Crippen LogP) is 5.20. The molecule has 0 bridgehead atoms. The summed E-state index contributed by atoms with van der Waals surface area (Å²) in [6.45, 7) is 10.5. The molecule has 4 aliphatic carbocycles. The average molecular weight is 338 g/mol. The molecule has 2 saturated carbocycles. The van der Waals surface area contributed by atoms with Gasteiger partial charge in [-0.05, 0) is 85.8 Å². The number of allylic oxidation sites excluding steroid dienone is 5. The SMILES string of the molecule is C=CC1CC2(C)C(CC[C@]2(C)C(C)=O)C2CCC3=CC(=O)CCC3=C12. The fourth-order valence-corrected chi connectivity index (χ4v) is 6.76. The zero-order valence-corrected chi connectivity index (χ0v) is 15.9. The highest BCUT2D eigenvalue weighted by Crippen LogP contribution is 2.68. The molecule has 2 fully saturated rings. The van der Waals surface area contributed by atoms with Crippen molar-refractivity contribution >= 4 is 11.6 Å². The molecule has 0 heterocycles. The van der Waals surface area contributed by atoms with Crippen LogP contribution in [-0.4, -0.2) is 11.6 Å². The van der Waals surface area contributed by atoms with E-state index in [1.54, 1.807) is 12.5 Å². The molecule has 0 aromatic carbocycles. The summed E-state index contributed by atoms with van der Waals surface area (Å²) < 4.78 is 0. The van der Waals surface area contributed by atoms with Crippen molar-refractivity contribution in [1.82, 2.24) is 0 Å². The van der Waals surface area contributed by atoms with Gasteiger partial charge in [0.2, 0.25) is 0 Å². The molecular formula is C23H30O2. The molecule has 25 heavy (non-hydrogen) atoms. The summed E-state index contributed by atoms with van der Waals surface area (Å²) in [5, 5.41) is 0. The maximum atomic E-state index is 12.6. The molecule has 5 atom stereocenters. The summed E-state index contributed by atoms with van der Waals surface area (Å²) in [6, 6.07) is 0. The molecule has 0 saturated heterocycles. The minimum Gasteiger partial charge on any atom is -0.299 e. The van der Waals surface area contributed by atoms with E-state index in [0.717, 1.165) is 38.5 Å². The molecule has 4 aliphatic rings. The lowest BCUT2D eigenvalue weighted by Crippen LogP contribution is -2.49. The summed E-state index contributed by atoms with van der Waals surface area (Å²) in [4.78, 5) is 24.4. The van der Waals surface area contributed by atoms with E-state index < -0.39 is 0 Å². The zero-order chi connectivity index (χ0) is 18.0. The van der Waals surface area contributed by atoms with Crippen LogP contribution in [0.25, 0.3) is 0 Å². The van der Waals surface area contributed by atoms with Crippen LogP contribution in [-0.2, 0) is 9.59 Å². The number of hydrogen-bond acceptors (Lipinski definition) is 2. The Hall–Kier alpha value is -1.44. The van der Waals surface area contributed by atoms with Crippen LogP contribution >= 0.6 is 0 Å². The van der Waals surface area contributed by atoms with Crippen LogP contribution in [0.1, 0.15) is 65.7 Å². The molecule has 134 valence electrons. The molecule has 4 rings (SSSR count). The third kappa shape index (κ3) is 2.15. The van der Waals surface area contributed by atoms with Crippen LogP contribution in [0, 0.1) is 28.6 Å². The predicted molar refractivity (Wildman–Crippen MR) is 100.0 cm³/mol. The summed E-state index contributed by atoms with van der Waals surface area (Å²) in [5.74, 6) is 2.17. The van der Waals surface area contributed by atoms with Gasteiger partial charge in [0, 0.05) is 11.8 Å². The second kappa shape index (κ2) is 5.53. The molecular weight excluding hydrogens is 308 g/mol. The van der Waals surface area contributed by atoms with Crippen LogP contribution in [0.5, 0.6) is 0 Å². The third-order valence-corrected chi connectivity index (χ3v) is 8.44. The fourth-order valence-electron chi connectivity index (χ4n) is 6.76. The quantitative estimate of drug-likeness (QED) is 0.649. The van der Waals surface area contributed by atoms with E-state index >= 15 is 0 Å². The number of carbonyl (C=O) groups excluding carboxylic acids is 2. The molecule has 0 N–H and O–H groups in total. The highest BCUT2D eigenvalue weighted by molar-refractivity contribution is 5.93. The lowest BCUT2D eigenvalue weighted by molar-refractivity contribution is -0.134. The van der Waals surface area contributed by atoms with Crippen LogP contribution in [0.2, 0.25) is 0 Å². The molecule has 2 nitrogen and oxygen atoms in total. The highest BCUT2D eigenvalue weighted by Gasteiger charge is 2.62. The molecule has 0 aliphatic heterocycles.